The number of piperidine rings is 1. The molecule has 0 aromatic heterocycles. The van der Waals surface area contributed by atoms with E-state index in [1.165, 1.54) is 0 Å². The Morgan fingerprint density at radius 2 is 2.00 bits per heavy atom. The normalized spacial score (nSPS) is 15.3. The number of nitrogens with zero attached hydrogens (tertiary/aromatic N) is 1. The molecule has 0 atom stereocenters. The molecule has 1 fully saturated rings. The lowest BCUT2D eigenvalue weighted by Crippen LogP contribution is -2.43. The number of hydrogen-bond acceptors (Lipinski definition) is 3. The highest BCUT2D eigenvalue weighted by Gasteiger charge is 2.27. The van der Waals surface area contributed by atoms with E-state index in [0.717, 1.165) is 31.6 Å². The van der Waals surface area contributed by atoms with E-state index in [1.54, 1.807) is 0 Å². The Hall–Kier alpha value is -2.04. The highest BCUT2D eigenvalue weighted by Crippen LogP contribution is 2.21. The van der Waals surface area contributed by atoms with Crippen molar-refractivity contribution in [2.24, 2.45) is 11.8 Å². The van der Waals surface area contributed by atoms with Crippen molar-refractivity contribution in [1.82, 2.24) is 10.2 Å². The SMILES string of the molecule is CCCNC(=O)C1CCN(C(=O)c2cccc(OCC(C)C)c2)CC1. The number of nitrogens with one attached hydrogen (secondary N) is 1. The second kappa shape index (κ2) is 9.44. The topological polar surface area (TPSA) is 58.6 Å². The van der Waals surface area contributed by atoms with E-state index >= 15 is 0 Å². The molecule has 1 aliphatic rings. The number of carbonyl (C=O) groups is 2. The molecule has 2 rings (SSSR count). The maximum absolute atomic E-state index is 12.7. The number of likely N-dealkylation sites (tertiary alicyclic amines) is 1. The lowest BCUT2D eigenvalue weighted by atomic mass is 9.95. The molecule has 1 aliphatic heterocycles. The Balaban J connectivity index is 1.89. The van der Waals surface area contributed by atoms with Crippen LogP contribution in [0.4, 0.5) is 0 Å². The van der Waals surface area contributed by atoms with Gasteiger partial charge in [0.05, 0.1) is 6.61 Å². The minimum Gasteiger partial charge on any atom is -0.493 e. The number of amides is 2. The standard InChI is InChI=1S/C20H30N2O3/c1-4-10-21-19(23)16-8-11-22(12-9-16)20(24)17-6-5-7-18(13-17)25-14-15(2)3/h5-7,13,15-16H,4,8-12,14H2,1-3H3,(H,21,23). The van der Waals surface area contributed by atoms with Crippen LogP contribution in [0, 0.1) is 11.8 Å². The highest BCUT2D eigenvalue weighted by atomic mass is 16.5. The van der Waals surface area contributed by atoms with Crippen LogP contribution in [0.3, 0.4) is 0 Å². The molecule has 0 radical (unpaired) electrons. The van der Waals surface area contributed by atoms with Gasteiger partial charge < -0.3 is 15.0 Å². The minimum absolute atomic E-state index is 0.0161. The first kappa shape index (κ1) is 19.3. The zero-order valence-corrected chi connectivity index (χ0v) is 15.6. The van der Waals surface area contributed by atoms with Crippen LogP contribution >= 0.6 is 0 Å². The Morgan fingerprint density at radius 3 is 2.64 bits per heavy atom. The molecular formula is C20H30N2O3. The third-order valence-electron chi connectivity index (χ3n) is 4.37. The first-order valence-corrected chi connectivity index (χ1v) is 9.31. The van der Waals surface area contributed by atoms with Crippen molar-refractivity contribution >= 4 is 11.8 Å². The van der Waals surface area contributed by atoms with E-state index in [4.69, 9.17) is 4.74 Å². The summed E-state index contributed by atoms with van der Waals surface area (Å²) < 4.78 is 5.71. The summed E-state index contributed by atoms with van der Waals surface area (Å²) in [7, 11) is 0. The number of ether oxygens (including phenoxy) is 1. The van der Waals surface area contributed by atoms with Crippen molar-refractivity contribution in [3.8, 4) is 5.75 Å². The molecule has 0 saturated carbocycles. The van der Waals surface area contributed by atoms with Gasteiger partial charge in [-0.3, -0.25) is 9.59 Å². The third kappa shape index (κ3) is 5.76. The molecule has 2 amide bonds. The molecule has 0 spiro atoms. The smallest absolute Gasteiger partial charge is 0.253 e. The van der Waals surface area contributed by atoms with Gasteiger partial charge in [-0.25, -0.2) is 0 Å². The van der Waals surface area contributed by atoms with Crippen LogP contribution in [0.2, 0.25) is 0 Å². The molecular weight excluding hydrogens is 316 g/mol. The van der Waals surface area contributed by atoms with Crippen LogP contribution in [0.1, 0.15) is 50.4 Å². The lowest BCUT2D eigenvalue weighted by Gasteiger charge is -2.31. The number of benzene rings is 1. The van der Waals surface area contributed by atoms with Gasteiger partial charge >= 0.3 is 0 Å². The quantitative estimate of drug-likeness (QED) is 0.825. The summed E-state index contributed by atoms with van der Waals surface area (Å²) in [5.41, 5.74) is 0.648. The summed E-state index contributed by atoms with van der Waals surface area (Å²) in [6.07, 6.45) is 2.40. The van der Waals surface area contributed by atoms with Crippen molar-refractivity contribution < 1.29 is 14.3 Å². The van der Waals surface area contributed by atoms with Crippen molar-refractivity contribution in [2.45, 2.75) is 40.0 Å². The summed E-state index contributed by atoms with van der Waals surface area (Å²) in [5, 5.41) is 2.95. The Morgan fingerprint density at radius 1 is 1.28 bits per heavy atom. The predicted octanol–water partition coefficient (Wildman–Crippen LogP) is 3.10. The zero-order valence-electron chi connectivity index (χ0n) is 15.6. The Bertz CT molecular complexity index is 578. The molecule has 5 nitrogen and oxygen atoms in total. The van der Waals surface area contributed by atoms with E-state index < -0.39 is 0 Å². The van der Waals surface area contributed by atoms with E-state index in [0.29, 0.717) is 31.2 Å². The number of hydrogen-bond donors (Lipinski definition) is 1. The summed E-state index contributed by atoms with van der Waals surface area (Å²) in [4.78, 5) is 26.6. The van der Waals surface area contributed by atoms with Crippen molar-refractivity contribution in [2.75, 3.05) is 26.2 Å². The molecule has 0 bridgehead atoms. The van der Waals surface area contributed by atoms with E-state index in [-0.39, 0.29) is 17.7 Å². The predicted molar refractivity (Wildman–Crippen MR) is 98.7 cm³/mol. The van der Waals surface area contributed by atoms with Crippen molar-refractivity contribution in [1.29, 1.82) is 0 Å². The van der Waals surface area contributed by atoms with E-state index in [1.807, 2.05) is 36.1 Å². The summed E-state index contributed by atoms with van der Waals surface area (Å²) in [6, 6.07) is 7.37. The molecule has 138 valence electrons. The van der Waals surface area contributed by atoms with E-state index in [9.17, 15) is 9.59 Å². The third-order valence-corrected chi connectivity index (χ3v) is 4.37. The summed E-state index contributed by atoms with van der Waals surface area (Å²) in [6.45, 7) is 8.84. The summed E-state index contributed by atoms with van der Waals surface area (Å²) in [5.74, 6) is 1.34. The van der Waals surface area contributed by atoms with Gasteiger partial charge in [0.2, 0.25) is 5.91 Å². The molecule has 1 saturated heterocycles. The fraction of sp³-hybridized carbons (Fsp3) is 0.600. The summed E-state index contributed by atoms with van der Waals surface area (Å²) >= 11 is 0. The molecule has 1 aromatic carbocycles. The van der Waals surface area contributed by atoms with Crippen molar-refractivity contribution in [3.63, 3.8) is 0 Å². The number of rotatable bonds is 7. The Kier molecular flexibility index (Phi) is 7.29. The van der Waals surface area contributed by atoms with Gasteiger partial charge in [0, 0.05) is 31.1 Å². The van der Waals surface area contributed by atoms with Gasteiger partial charge in [0.15, 0.2) is 0 Å². The van der Waals surface area contributed by atoms with Gasteiger partial charge in [0.25, 0.3) is 5.91 Å². The monoisotopic (exact) mass is 346 g/mol. The van der Waals surface area contributed by atoms with Gasteiger partial charge in [-0.1, -0.05) is 26.8 Å². The average Bonchev–Trinajstić information content (AvgIpc) is 2.64. The van der Waals surface area contributed by atoms with Crippen molar-refractivity contribution in [3.05, 3.63) is 29.8 Å². The lowest BCUT2D eigenvalue weighted by molar-refractivity contribution is -0.126. The van der Waals surface area contributed by atoms with Crippen LogP contribution in [0.15, 0.2) is 24.3 Å². The molecule has 1 heterocycles. The van der Waals surface area contributed by atoms with E-state index in [2.05, 4.69) is 19.2 Å². The number of carbonyl (C=O) groups excluding carboxylic acids is 2. The highest BCUT2D eigenvalue weighted by molar-refractivity contribution is 5.94. The second-order valence-electron chi connectivity index (χ2n) is 7.09. The first-order chi connectivity index (χ1) is 12.0. The molecule has 25 heavy (non-hydrogen) atoms. The minimum atomic E-state index is 0.0161. The van der Waals surface area contributed by atoms with Crippen LogP contribution < -0.4 is 10.1 Å². The average molecular weight is 346 g/mol. The fourth-order valence-corrected chi connectivity index (χ4v) is 2.90. The van der Waals surface area contributed by atoms with Gasteiger partial charge in [-0.05, 0) is 43.4 Å². The molecule has 1 aromatic rings. The van der Waals surface area contributed by atoms with Gasteiger partial charge in [-0.15, -0.1) is 0 Å². The van der Waals surface area contributed by atoms with Crippen LogP contribution in [-0.4, -0.2) is 43.0 Å². The van der Waals surface area contributed by atoms with Crippen LogP contribution in [0.5, 0.6) is 5.75 Å². The largest absolute Gasteiger partial charge is 0.493 e. The van der Waals surface area contributed by atoms with Gasteiger partial charge in [0.1, 0.15) is 5.75 Å². The maximum atomic E-state index is 12.7. The fourth-order valence-electron chi connectivity index (χ4n) is 2.90. The van der Waals surface area contributed by atoms with Gasteiger partial charge in [-0.2, -0.15) is 0 Å². The molecule has 0 aliphatic carbocycles. The zero-order chi connectivity index (χ0) is 18.2. The maximum Gasteiger partial charge on any atom is 0.253 e. The molecule has 1 N–H and O–H groups in total. The second-order valence-corrected chi connectivity index (χ2v) is 7.09. The van der Waals surface area contributed by atoms with Crippen LogP contribution in [0.25, 0.3) is 0 Å². The Labute approximate surface area is 150 Å². The molecule has 5 heteroatoms. The first-order valence-electron chi connectivity index (χ1n) is 9.31. The van der Waals surface area contributed by atoms with Crippen LogP contribution in [-0.2, 0) is 4.79 Å². The molecule has 0 unspecified atom stereocenters.